The minimum Gasteiger partial charge on any atom is -0.489 e. The number of halogens is 3. The normalized spacial score (nSPS) is 10.7. The maximum atomic E-state index is 13.6. The van der Waals surface area contributed by atoms with E-state index in [1.165, 1.54) is 19.1 Å². The van der Waals surface area contributed by atoms with Crippen LogP contribution in [0.1, 0.15) is 22.8 Å². The SMILES string of the molecule is CC(=O)c1ccccc1-c1cnc(N)c(OCCc2c(Cl)ccc(F)c2Cl)c1. The van der Waals surface area contributed by atoms with Gasteiger partial charge in [0.2, 0.25) is 0 Å². The largest absolute Gasteiger partial charge is 0.489 e. The number of aromatic nitrogens is 1. The van der Waals surface area contributed by atoms with Crippen LogP contribution in [0.15, 0.2) is 48.7 Å². The van der Waals surface area contributed by atoms with Crippen LogP contribution in [0.5, 0.6) is 5.75 Å². The second-order valence-corrected chi connectivity index (χ2v) is 6.91. The number of nitrogen functional groups attached to an aromatic ring is 1. The number of nitrogens with two attached hydrogens (primary N) is 1. The summed E-state index contributed by atoms with van der Waals surface area (Å²) in [6, 6.07) is 11.6. The van der Waals surface area contributed by atoms with Gasteiger partial charge in [-0.25, -0.2) is 9.37 Å². The van der Waals surface area contributed by atoms with Crippen LogP contribution in [-0.4, -0.2) is 17.4 Å². The van der Waals surface area contributed by atoms with E-state index in [9.17, 15) is 9.18 Å². The number of carbonyl (C=O) groups excluding carboxylic acids is 1. The van der Waals surface area contributed by atoms with Crippen molar-refractivity contribution >= 4 is 34.8 Å². The van der Waals surface area contributed by atoms with Gasteiger partial charge in [-0.15, -0.1) is 0 Å². The van der Waals surface area contributed by atoms with E-state index in [0.29, 0.717) is 33.9 Å². The zero-order valence-corrected chi connectivity index (χ0v) is 16.5. The standard InChI is InChI=1S/C21H17Cl2FN2O2/c1-12(27)14-4-2-3-5-15(14)13-10-19(21(25)26-11-13)28-9-8-16-17(22)6-7-18(24)20(16)23/h2-7,10-11H,8-9H2,1H3,(H2,25,26). The first-order valence-corrected chi connectivity index (χ1v) is 9.25. The summed E-state index contributed by atoms with van der Waals surface area (Å²) in [5.74, 6) is -0.0182. The maximum Gasteiger partial charge on any atom is 0.166 e. The molecule has 0 amide bonds. The lowest BCUT2D eigenvalue weighted by atomic mass is 9.99. The highest BCUT2D eigenvalue weighted by atomic mass is 35.5. The molecule has 1 heterocycles. The molecule has 7 heteroatoms. The summed E-state index contributed by atoms with van der Waals surface area (Å²) < 4.78 is 19.4. The molecule has 0 atom stereocenters. The minimum absolute atomic E-state index is 0.0219. The molecule has 1 aromatic heterocycles. The molecular formula is C21H17Cl2FN2O2. The molecule has 0 spiro atoms. The quantitative estimate of drug-likeness (QED) is 0.417. The lowest BCUT2D eigenvalue weighted by molar-refractivity contribution is 0.101. The number of benzene rings is 2. The number of carbonyl (C=O) groups is 1. The highest BCUT2D eigenvalue weighted by molar-refractivity contribution is 6.36. The van der Waals surface area contributed by atoms with Crippen molar-refractivity contribution in [1.82, 2.24) is 4.98 Å². The molecule has 0 saturated heterocycles. The molecular weight excluding hydrogens is 402 g/mol. The Kier molecular flexibility index (Phi) is 6.17. The van der Waals surface area contributed by atoms with Gasteiger partial charge in [0.1, 0.15) is 5.82 Å². The molecule has 4 nitrogen and oxygen atoms in total. The molecule has 0 radical (unpaired) electrons. The molecule has 0 unspecified atom stereocenters. The fourth-order valence-corrected chi connectivity index (χ4v) is 3.38. The van der Waals surface area contributed by atoms with Crippen LogP contribution in [0.3, 0.4) is 0 Å². The fraction of sp³-hybridized carbons (Fsp3) is 0.143. The number of ketones is 1. The van der Waals surface area contributed by atoms with Crippen LogP contribution < -0.4 is 10.5 Å². The molecule has 0 saturated carbocycles. The molecule has 0 aliphatic carbocycles. The predicted molar refractivity (Wildman–Crippen MR) is 110 cm³/mol. The third-order valence-electron chi connectivity index (χ3n) is 4.25. The summed E-state index contributed by atoms with van der Waals surface area (Å²) >= 11 is 12.1. The van der Waals surface area contributed by atoms with E-state index in [0.717, 1.165) is 5.56 Å². The number of pyridine rings is 1. The summed E-state index contributed by atoms with van der Waals surface area (Å²) in [5.41, 5.74) is 8.41. The molecule has 28 heavy (non-hydrogen) atoms. The molecule has 2 aromatic carbocycles. The second kappa shape index (κ2) is 8.59. The highest BCUT2D eigenvalue weighted by Crippen LogP contribution is 2.31. The van der Waals surface area contributed by atoms with Crippen LogP contribution >= 0.6 is 23.2 Å². The van der Waals surface area contributed by atoms with Crippen molar-refractivity contribution in [3.05, 3.63) is 75.7 Å². The van der Waals surface area contributed by atoms with Gasteiger partial charge in [-0.1, -0.05) is 47.5 Å². The van der Waals surface area contributed by atoms with E-state index in [-0.39, 0.29) is 23.2 Å². The van der Waals surface area contributed by atoms with E-state index >= 15 is 0 Å². The van der Waals surface area contributed by atoms with Crippen molar-refractivity contribution in [2.75, 3.05) is 12.3 Å². The summed E-state index contributed by atoms with van der Waals surface area (Å²) in [7, 11) is 0. The van der Waals surface area contributed by atoms with Crippen LogP contribution in [0.4, 0.5) is 10.2 Å². The highest BCUT2D eigenvalue weighted by Gasteiger charge is 2.13. The van der Waals surface area contributed by atoms with Crippen molar-refractivity contribution in [3.8, 4) is 16.9 Å². The smallest absolute Gasteiger partial charge is 0.166 e. The van der Waals surface area contributed by atoms with Gasteiger partial charge in [0.05, 0.1) is 11.6 Å². The van der Waals surface area contributed by atoms with Crippen molar-refractivity contribution in [2.24, 2.45) is 0 Å². The third kappa shape index (κ3) is 4.26. The first-order valence-electron chi connectivity index (χ1n) is 8.49. The van der Waals surface area contributed by atoms with Gasteiger partial charge in [0.25, 0.3) is 0 Å². The van der Waals surface area contributed by atoms with E-state index in [1.54, 1.807) is 24.4 Å². The van der Waals surface area contributed by atoms with E-state index in [4.69, 9.17) is 33.7 Å². The van der Waals surface area contributed by atoms with Gasteiger partial charge in [-0.3, -0.25) is 4.79 Å². The maximum absolute atomic E-state index is 13.6. The van der Waals surface area contributed by atoms with Gasteiger partial charge in [-0.2, -0.15) is 0 Å². The van der Waals surface area contributed by atoms with Crippen molar-refractivity contribution in [1.29, 1.82) is 0 Å². The Morgan fingerprint density at radius 2 is 1.96 bits per heavy atom. The molecule has 2 N–H and O–H groups in total. The number of Topliss-reactive ketones (excluding diaryl/α,β-unsaturated/α-hetero) is 1. The predicted octanol–water partition coefficient (Wildman–Crippen LogP) is 5.60. The molecule has 0 bridgehead atoms. The average Bonchev–Trinajstić information content (AvgIpc) is 2.69. The Balaban J connectivity index is 1.82. The lowest BCUT2D eigenvalue weighted by Gasteiger charge is -2.13. The third-order valence-corrected chi connectivity index (χ3v) is 5.01. The molecule has 144 valence electrons. The van der Waals surface area contributed by atoms with Gasteiger partial charge < -0.3 is 10.5 Å². The first kappa shape index (κ1) is 20.1. The first-order chi connectivity index (χ1) is 13.4. The zero-order chi connectivity index (χ0) is 20.3. The van der Waals surface area contributed by atoms with Gasteiger partial charge in [0.15, 0.2) is 17.4 Å². The number of nitrogens with zero attached hydrogens (tertiary/aromatic N) is 1. The summed E-state index contributed by atoms with van der Waals surface area (Å²) in [6.45, 7) is 1.68. The van der Waals surface area contributed by atoms with Gasteiger partial charge in [0, 0.05) is 28.8 Å². The lowest BCUT2D eigenvalue weighted by Crippen LogP contribution is -2.06. The van der Waals surface area contributed by atoms with Crippen LogP contribution in [-0.2, 0) is 6.42 Å². The van der Waals surface area contributed by atoms with Crippen molar-refractivity contribution in [2.45, 2.75) is 13.3 Å². The Bertz CT molecular complexity index is 1040. The summed E-state index contributed by atoms with van der Waals surface area (Å²) in [5, 5.41) is 0.344. The molecule has 0 aliphatic rings. The van der Waals surface area contributed by atoms with Crippen molar-refractivity contribution < 1.29 is 13.9 Å². The Hall–Kier alpha value is -2.63. The average molecular weight is 419 g/mol. The number of rotatable bonds is 6. The number of ether oxygens (including phenoxy) is 1. The topological polar surface area (TPSA) is 65.2 Å². The molecule has 3 aromatic rings. The summed E-state index contributed by atoms with van der Waals surface area (Å²) in [6.07, 6.45) is 1.88. The van der Waals surface area contributed by atoms with E-state index < -0.39 is 5.82 Å². The van der Waals surface area contributed by atoms with Crippen molar-refractivity contribution in [3.63, 3.8) is 0 Å². The molecule has 0 fully saturated rings. The minimum atomic E-state index is -0.537. The second-order valence-electron chi connectivity index (χ2n) is 6.13. The summed E-state index contributed by atoms with van der Waals surface area (Å²) in [4.78, 5) is 16.0. The molecule has 0 aliphatic heterocycles. The molecule has 3 rings (SSSR count). The number of hydrogen-bond acceptors (Lipinski definition) is 4. The van der Waals surface area contributed by atoms with Crippen LogP contribution in [0, 0.1) is 5.82 Å². The van der Waals surface area contributed by atoms with Gasteiger partial charge in [-0.05, 0) is 36.2 Å². The fourth-order valence-electron chi connectivity index (χ4n) is 2.82. The Labute approximate surface area is 172 Å². The van der Waals surface area contributed by atoms with Crippen LogP contribution in [0.25, 0.3) is 11.1 Å². The number of hydrogen-bond donors (Lipinski definition) is 1. The number of anilines is 1. The van der Waals surface area contributed by atoms with E-state index in [2.05, 4.69) is 4.98 Å². The van der Waals surface area contributed by atoms with Crippen LogP contribution in [0.2, 0.25) is 10.0 Å². The Morgan fingerprint density at radius 1 is 1.21 bits per heavy atom. The Morgan fingerprint density at radius 3 is 2.71 bits per heavy atom. The van der Waals surface area contributed by atoms with Gasteiger partial charge >= 0.3 is 0 Å². The zero-order valence-electron chi connectivity index (χ0n) is 15.0. The van der Waals surface area contributed by atoms with E-state index in [1.807, 2.05) is 12.1 Å². The monoisotopic (exact) mass is 418 g/mol.